The molecule has 1 unspecified atom stereocenters. The van der Waals surface area contributed by atoms with Crippen LogP contribution in [-0.4, -0.2) is 23.3 Å². The summed E-state index contributed by atoms with van der Waals surface area (Å²) in [5, 5.41) is 10.9. The predicted molar refractivity (Wildman–Crippen MR) is 62.1 cm³/mol. The molecule has 1 saturated heterocycles. The number of H-pyrrole nitrogens is 1. The Bertz CT molecular complexity index is 316. The molecule has 2 heterocycles. The summed E-state index contributed by atoms with van der Waals surface area (Å²) in [6, 6.07) is 0. The summed E-state index contributed by atoms with van der Waals surface area (Å²) in [6.07, 6.45) is 4.54. The van der Waals surface area contributed by atoms with Gasteiger partial charge >= 0.3 is 0 Å². The molecular weight excluding hydrogens is 186 g/mol. The van der Waals surface area contributed by atoms with Crippen LogP contribution in [0, 0.1) is 0 Å². The standard InChI is InChI=1S/C12H21N3/c1-12(2,3)10-8-14-15-11(10)9-5-4-6-13-7-9/h8-9,13H,4-7H2,1-3H3,(H,14,15). The van der Waals surface area contributed by atoms with Crippen LogP contribution < -0.4 is 5.32 Å². The molecule has 1 aliphatic heterocycles. The zero-order chi connectivity index (χ0) is 10.9. The number of aromatic nitrogens is 2. The summed E-state index contributed by atoms with van der Waals surface area (Å²) in [7, 11) is 0. The van der Waals surface area contributed by atoms with E-state index in [1.165, 1.54) is 24.1 Å². The van der Waals surface area contributed by atoms with Gasteiger partial charge in [-0.05, 0) is 30.4 Å². The molecule has 1 aromatic heterocycles. The van der Waals surface area contributed by atoms with Crippen molar-refractivity contribution in [3.63, 3.8) is 0 Å². The summed E-state index contributed by atoms with van der Waals surface area (Å²) >= 11 is 0. The maximum Gasteiger partial charge on any atom is 0.0527 e. The number of rotatable bonds is 1. The molecule has 3 heteroatoms. The number of nitrogens with one attached hydrogen (secondary N) is 2. The molecule has 3 nitrogen and oxygen atoms in total. The average Bonchev–Trinajstić information content (AvgIpc) is 2.67. The largest absolute Gasteiger partial charge is 0.316 e. The van der Waals surface area contributed by atoms with Crippen molar-refractivity contribution in [2.24, 2.45) is 0 Å². The second kappa shape index (κ2) is 3.97. The van der Waals surface area contributed by atoms with E-state index in [0.29, 0.717) is 5.92 Å². The summed E-state index contributed by atoms with van der Waals surface area (Å²) in [5.74, 6) is 0.621. The van der Waals surface area contributed by atoms with Crippen molar-refractivity contribution < 1.29 is 0 Å². The second-order valence-corrected chi connectivity index (χ2v) is 5.49. The molecule has 15 heavy (non-hydrogen) atoms. The molecule has 0 aromatic carbocycles. The van der Waals surface area contributed by atoms with Gasteiger partial charge in [0.2, 0.25) is 0 Å². The van der Waals surface area contributed by atoms with Gasteiger partial charge in [-0.25, -0.2) is 0 Å². The van der Waals surface area contributed by atoms with Crippen LogP contribution in [0.5, 0.6) is 0 Å². The molecule has 0 amide bonds. The molecule has 2 N–H and O–H groups in total. The van der Waals surface area contributed by atoms with Crippen LogP contribution >= 0.6 is 0 Å². The predicted octanol–water partition coefficient (Wildman–Crippen LogP) is 2.17. The molecular formula is C12H21N3. The molecule has 0 bridgehead atoms. The van der Waals surface area contributed by atoms with Crippen molar-refractivity contribution in [2.75, 3.05) is 13.1 Å². The lowest BCUT2D eigenvalue weighted by atomic mass is 9.82. The third-order valence-electron chi connectivity index (χ3n) is 3.18. The molecule has 0 spiro atoms. The SMILES string of the molecule is CC(C)(C)c1cn[nH]c1C1CCCNC1. The maximum absolute atomic E-state index is 4.21. The smallest absolute Gasteiger partial charge is 0.0527 e. The van der Waals surface area contributed by atoms with E-state index in [1.807, 2.05) is 6.20 Å². The van der Waals surface area contributed by atoms with Gasteiger partial charge in [-0.2, -0.15) is 5.10 Å². The molecule has 0 aliphatic carbocycles. The minimum absolute atomic E-state index is 0.194. The lowest BCUT2D eigenvalue weighted by molar-refractivity contribution is 0.445. The molecule has 84 valence electrons. The molecule has 1 fully saturated rings. The average molecular weight is 207 g/mol. The fraction of sp³-hybridized carbons (Fsp3) is 0.750. The van der Waals surface area contributed by atoms with E-state index in [-0.39, 0.29) is 5.41 Å². The van der Waals surface area contributed by atoms with E-state index in [2.05, 4.69) is 36.3 Å². The van der Waals surface area contributed by atoms with Gasteiger partial charge in [0, 0.05) is 18.2 Å². The Morgan fingerprint density at radius 3 is 2.80 bits per heavy atom. The van der Waals surface area contributed by atoms with E-state index in [0.717, 1.165) is 13.1 Å². The highest BCUT2D eigenvalue weighted by atomic mass is 15.1. The van der Waals surface area contributed by atoms with Gasteiger partial charge in [-0.3, -0.25) is 5.10 Å². The van der Waals surface area contributed by atoms with Crippen molar-refractivity contribution in [1.29, 1.82) is 0 Å². The van der Waals surface area contributed by atoms with E-state index in [4.69, 9.17) is 0 Å². The van der Waals surface area contributed by atoms with E-state index < -0.39 is 0 Å². The van der Waals surface area contributed by atoms with Crippen LogP contribution in [0.1, 0.15) is 50.8 Å². The van der Waals surface area contributed by atoms with Crippen molar-refractivity contribution in [3.05, 3.63) is 17.5 Å². The first-order valence-corrected chi connectivity index (χ1v) is 5.83. The summed E-state index contributed by atoms with van der Waals surface area (Å²) in [5.41, 5.74) is 2.91. The number of hydrogen-bond donors (Lipinski definition) is 2. The molecule has 1 aliphatic rings. The van der Waals surface area contributed by atoms with Crippen LogP contribution in [0.2, 0.25) is 0 Å². The minimum Gasteiger partial charge on any atom is -0.316 e. The third kappa shape index (κ3) is 2.23. The molecule has 0 radical (unpaired) electrons. The molecule has 0 saturated carbocycles. The Kier molecular flexibility index (Phi) is 2.83. The Morgan fingerprint density at radius 2 is 2.20 bits per heavy atom. The van der Waals surface area contributed by atoms with Gasteiger partial charge in [0.15, 0.2) is 0 Å². The highest BCUT2D eigenvalue weighted by molar-refractivity contribution is 5.28. The zero-order valence-electron chi connectivity index (χ0n) is 9.93. The van der Waals surface area contributed by atoms with Crippen molar-refractivity contribution in [3.8, 4) is 0 Å². The first-order chi connectivity index (χ1) is 7.09. The van der Waals surface area contributed by atoms with Crippen LogP contribution in [0.15, 0.2) is 6.20 Å². The normalized spacial score (nSPS) is 23.0. The first-order valence-electron chi connectivity index (χ1n) is 5.83. The number of nitrogens with zero attached hydrogens (tertiary/aromatic N) is 1. The van der Waals surface area contributed by atoms with E-state index in [1.54, 1.807) is 0 Å². The minimum atomic E-state index is 0.194. The lowest BCUT2D eigenvalue weighted by Gasteiger charge is -2.26. The van der Waals surface area contributed by atoms with Crippen molar-refractivity contribution in [1.82, 2.24) is 15.5 Å². The number of hydrogen-bond acceptors (Lipinski definition) is 2. The highest BCUT2D eigenvalue weighted by Crippen LogP contribution is 2.31. The van der Waals surface area contributed by atoms with Crippen LogP contribution in [0.25, 0.3) is 0 Å². The van der Waals surface area contributed by atoms with Crippen molar-refractivity contribution >= 4 is 0 Å². The molecule has 2 rings (SSSR count). The van der Waals surface area contributed by atoms with Gasteiger partial charge in [-0.1, -0.05) is 20.8 Å². The van der Waals surface area contributed by atoms with Gasteiger partial charge in [0.1, 0.15) is 0 Å². The summed E-state index contributed by atoms with van der Waals surface area (Å²) < 4.78 is 0. The topological polar surface area (TPSA) is 40.7 Å². The molecule has 1 atom stereocenters. The van der Waals surface area contributed by atoms with E-state index in [9.17, 15) is 0 Å². The van der Waals surface area contributed by atoms with E-state index >= 15 is 0 Å². The lowest BCUT2D eigenvalue weighted by Crippen LogP contribution is -2.30. The van der Waals surface area contributed by atoms with Gasteiger partial charge in [0.05, 0.1) is 6.20 Å². The Hall–Kier alpha value is -0.830. The van der Waals surface area contributed by atoms with Gasteiger partial charge < -0.3 is 5.32 Å². The number of aromatic amines is 1. The first kappa shape index (κ1) is 10.7. The summed E-state index contributed by atoms with van der Waals surface area (Å²) in [4.78, 5) is 0. The highest BCUT2D eigenvalue weighted by Gasteiger charge is 2.25. The van der Waals surface area contributed by atoms with Crippen LogP contribution in [-0.2, 0) is 5.41 Å². The number of piperidine rings is 1. The fourth-order valence-corrected chi connectivity index (χ4v) is 2.30. The maximum atomic E-state index is 4.21. The Labute approximate surface area is 91.7 Å². The fourth-order valence-electron chi connectivity index (χ4n) is 2.30. The van der Waals surface area contributed by atoms with Gasteiger partial charge in [-0.15, -0.1) is 0 Å². The Balaban J connectivity index is 2.24. The monoisotopic (exact) mass is 207 g/mol. The third-order valence-corrected chi connectivity index (χ3v) is 3.18. The molecule has 1 aromatic rings. The zero-order valence-corrected chi connectivity index (χ0v) is 9.93. The second-order valence-electron chi connectivity index (χ2n) is 5.49. The quantitative estimate of drug-likeness (QED) is 0.741. The van der Waals surface area contributed by atoms with Crippen LogP contribution in [0.4, 0.5) is 0 Å². The Morgan fingerprint density at radius 1 is 1.40 bits per heavy atom. The summed E-state index contributed by atoms with van der Waals surface area (Å²) in [6.45, 7) is 8.99. The van der Waals surface area contributed by atoms with Gasteiger partial charge in [0.25, 0.3) is 0 Å². The van der Waals surface area contributed by atoms with Crippen LogP contribution in [0.3, 0.4) is 0 Å². The van der Waals surface area contributed by atoms with Crippen molar-refractivity contribution in [2.45, 2.75) is 44.9 Å².